The van der Waals surface area contributed by atoms with Crippen LogP contribution in [0.1, 0.15) is 79.5 Å². The Hall–Kier alpha value is -5.55. The fourth-order valence-electron chi connectivity index (χ4n) is 5.64. The number of hydrogen-bond acceptors (Lipinski definition) is 12. The van der Waals surface area contributed by atoms with Crippen molar-refractivity contribution in [1.82, 2.24) is 26.3 Å². The van der Waals surface area contributed by atoms with Crippen molar-refractivity contribution in [2.24, 2.45) is 5.92 Å². The first kappa shape index (κ1) is 49.8. The molecule has 0 saturated heterocycles. The highest BCUT2D eigenvalue weighted by Crippen LogP contribution is 2.17. The van der Waals surface area contributed by atoms with Crippen molar-refractivity contribution in [3.05, 3.63) is 88.4 Å². The van der Waals surface area contributed by atoms with Gasteiger partial charge in [0.15, 0.2) is 9.84 Å². The minimum Gasteiger partial charge on any atom is -0.460 e. The highest BCUT2D eigenvalue weighted by Gasteiger charge is 2.34. The maximum atomic E-state index is 14.3. The van der Waals surface area contributed by atoms with Gasteiger partial charge in [-0.05, 0) is 71.2 Å². The van der Waals surface area contributed by atoms with Gasteiger partial charge < -0.3 is 35.5 Å². The minimum atomic E-state index is -3.93. The van der Waals surface area contributed by atoms with Gasteiger partial charge in [0.05, 0.1) is 24.4 Å². The van der Waals surface area contributed by atoms with E-state index in [2.05, 4.69) is 26.3 Å². The van der Waals surface area contributed by atoms with Crippen LogP contribution in [0.4, 0.5) is 4.79 Å². The third kappa shape index (κ3) is 17.9. The Morgan fingerprint density at radius 3 is 1.89 bits per heavy atom. The van der Waals surface area contributed by atoms with Crippen molar-refractivity contribution in [2.45, 2.75) is 117 Å². The van der Waals surface area contributed by atoms with Gasteiger partial charge in [0, 0.05) is 23.8 Å². The number of fused-ring (bicyclic) bond motifs is 1. The maximum Gasteiger partial charge on any atom is 0.408 e. The van der Waals surface area contributed by atoms with E-state index in [1.54, 1.807) is 110 Å². The molecule has 1 aromatic heterocycles. The van der Waals surface area contributed by atoms with E-state index in [0.717, 1.165) is 17.7 Å². The number of para-hydroxylation sites is 1. The second kappa shape index (κ2) is 21.8. The molecular formula is C43H56ClN5O11S. The summed E-state index contributed by atoms with van der Waals surface area (Å²) in [6.45, 7) is 12.9. The van der Waals surface area contributed by atoms with Crippen molar-refractivity contribution < 1.29 is 51.4 Å². The molecule has 16 nitrogen and oxygen atoms in total. The predicted molar refractivity (Wildman–Crippen MR) is 229 cm³/mol. The number of sulfone groups is 1. The van der Waals surface area contributed by atoms with E-state index in [4.69, 9.17) is 25.8 Å². The number of aromatic nitrogens is 1. The molecule has 4 atom stereocenters. The Bertz CT molecular complexity index is 2190. The van der Waals surface area contributed by atoms with E-state index in [0.29, 0.717) is 16.8 Å². The van der Waals surface area contributed by atoms with Crippen molar-refractivity contribution in [2.75, 3.05) is 6.26 Å². The molecule has 18 heteroatoms. The molecule has 2 aromatic carbocycles. The molecule has 61 heavy (non-hydrogen) atoms. The van der Waals surface area contributed by atoms with Crippen molar-refractivity contribution in [3.63, 3.8) is 0 Å². The lowest BCUT2D eigenvalue weighted by Crippen LogP contribution is -2.59. The van der Waals surface area contributed by atoms with Crippen LogP contribution in [0, 0.1) is 5.92 Å². The van der Waals surface area contributed by atoms with Gasteiger partial charge in [-0.2, -0.15) is 0 Å². The molecule has 4 amide bonds. The SMILES string of the molecule is CC(C)[C@H](NC(=O)C(Cc1ccc2ccccc2n1)NC(=O)[C@H](CC(=O)OC(C)(C)C)NC(=O)OCc1ccccc1)C(=O)N[C@H](/C=C(\Cl)S(C)(=O)=O)CC(=O)OC(C)(C)C. The number of amides is 4. The van der Waals surface area contributed by atoms with Crippen LogP contribution in [0.3, 0.4) is 0 Å². The topological polar surface area (TPSA) is 225 Å². The molecule has 0 aliphatic heterocycles. The highest BCUT2D eigenvalue weighted by atomic mass is 35.5. The lowest BCUT2D eigenvalue weighted by atomic mass is 10.0. The first-order valence-corrected chi connectivity index (χ1v) is 21.8. The first-order chi connectivity index (χ1) is 28.3. The first-order valence-electron chi connectivity index (χ1n) is 19.5. The third-order valence-electron chi connectivity index (χ3n) is 8.38. The summed E-state index contributed by atoms with van der Waals surface area (Å²) in [6, 6.07) is 13.8. The molecule has 0 fully saturated rings. The highest BCUT2D eigenvalue weighted by molar-refractivity contribution is 7.96. The summed E-state index contributed by atoms with van der Waals surface area (Å²) >= 11 is 6.04. The minimum absolute atomic E-state index is 0.139. The van der Waals surface area contributed by atoms with Crippen LogP contribution >= 0.6 is 11.6 Å². The molecule has 1 unspecified atom stereocenters. The normalized spacial score (nSPS) is 14.2. The predicted octanol–water partition coefficient (Wildman–Crippen LogP) is 4.77. The Kier molecular flexibility index (Phi) is 17.8. The Morgan fingerprint density at radius 2 is 1.30 bits per heavy atom. The summed E-state index contributed by atoms with van der Waals surface area (Å²) < 4.78 is 39.8. The number of halogens is 1. The second-order valence-corrected chi connectivity index (χ2v) is 19.3. The summed E-state index contributed by atoms with van der Waals surface area (Å²) in [5, 5.41) is 11.1. The van der Waals surface area contributed by atoms with Gasteiger partial charge in [0.25, 0.3) is 0 Å². The molecule has 0 aliphatic carbocycles. The van der Waals surface area contributed by atoms with Gasteiger partial charge in [0.1, 0.15) is 40.3 Å². The number of carbonyl (C=O) groups excluding carboxylic acids is 6. The van der Waals surface area contributed by atoms with Crippen LogP contribution in [0.25, 0.3) is 10.9 Å². The molecule has 0 bridgehead atoms. The molecule has 1 heterocycles. The molecule has 3 aromatic rings. The van der Waals surface area contributed by atoms with Crippen LogP contribution in [-0.4, -0.2) is 90.8 Å². The zero-order valence-electron chi connectivity index (χ0n) is 35.9. The number of nitrogens with zero attached hydrogens (tertiary/aromatic N) is 1. The zero-order valence-corrected chi connectivity index (χ0v) is 37.4. The Balaban J connectivity index is 1.96. The number of esters is 2. The molecular weight excluding hydrogens is 830 g/mol. The van der Waals surface area contributed by atoms with E-state index < -0.39 is 104 Å². The van der Waals surface area contributed by atoms with E-state index in [9.17, 15) is 37.2 Å². The summed E-state index contributed by atoms with van der Waals surface area (Å²) in [4.78, 5) is 85.7. The number of rotatable bonds is 18. The monoisotopic (exact) mass is 885 g/mol. The second-order valence-electron chi connectivity index (χ2n) is 16.7. The third-order valence-corrected chi connectivity index (χ3v) is 10.2. The number of hydrogen-bond donors (Lipinski definition) is 4. The molecule has 0 saturated carbocycles. The quantitative estimate of drug-likeness (QED) is 0.100. The summed E-state index contributed by atoms with van der Waals surface area (Å²) in [5.41, 5.74) is -0.178. The van der Waals surface area contributed by atoms with Crippen LogP contribution in [0.15, 0.2) is 77.2 Å². The van der Waals surface area contributed by atoms with Crippen molar-refractivity contribution in [3.8, 4) is 0 Å². The summed E-state index contributed by atoms with van der Waals surface area (Å²) in [5.74, 6) is -4.81. The number of carbonyl (C=O) groups is 6. The van der Waals surface area contributed by atoms with Gasteiger partial charge in [0.2, 0.25) is 17.7 Å². The van der Waals surface area contributed by atoms with E-state index in [-0.39, 0.29) is 13.0 Å². The van der Waals surface area contributed by atoms with Crippen LogP contribution in [0.5, 0.6) is 0 Å². The molecule has 4 N–H and O–H groups in total. The van der Waals surface area contributed by atoms with E-state index in [1.807, 2.05) is 12.1 Å². The van der Waals surface area contributed by atoms with Crippen molar-refractivity contribution in [1.29, 1.82) is 0 Å². The Morgan fingerprint density at radius 1 is 0.721 bits per heavy atom. The largest absolute Gasteiger partial charge is 0.460 e. The molecule has 332 valence electrons. The van der Waals surface area contributed by atoms with Crippen LogP contribution in [0.2, 0.25) is 0 Å². The molecule has 0 spiro atoms. The molecule has 3 rings (SSSR count). The fourth-order valence-corrected chi connectivity index (χ4v) is 6.20. The van der Waals surface area contributed by atoms with Crippen LogP contribution < -0.4 is 21.3 Å². The van der Waals surface area contributed by atoms with Gasteiger partial charge in [-0.25, -0.2) is 13.2 Å². The fraction of sp³-hybridized carbons (Fsp3) is 0.465. The lowest BCUT2D eigenvalue weighted by Gasteiger charge is -2.28. The van der Waals surface area contributed by atoms with Crippen molar-refractivity contribution >= 4 is 68.1 Å². The Labute approximate surface area is 361 Å². The maximum absolute atomic E-state index is 14.3. The number of nitrogens with one attached hydrogen (secondary N) is 4. The average molecular weight is 886 g/mol. The average Bonchev–Trinajstić information content (AvgIpc) is 3.13. The number of ether oxygens (including phenoxy) is 3. The van der Waals surface area contributed by atoms with Gasteiger partial charge in [-0.15, -0.1) is 0 Å². The van der Waals surface area contributed by atoms with Gasteiger partial charge in [-0.3, -0.25) is 29.0 Å². The van der Waals surface area contributed by atoms with E-state index in [1.165, 1.54) is 0 Å². The van der Waals surface area contributed by atoms with Gasteiger partial charge in [-0.1, -0.05) is 80.0 Å². The summed E-state index contributed by atoms with van der Waals surface area (Å²) in [6.07, 6.45) is -0.511. The standard InChI is InChI=1S/C43H56ClN5O11S/c1-26(2)37(40(54)46-30(22-34(44)61(9,56)57)23-35(50)59-42(3,4)5)49-39(53)32(21-29-20-19-28-17-13-14-18-31(28)45-29)47-38(52)33(24-36(51)60-43(6,7)8)48-41(55)58-25-27-15-11-10-12-16-27/h10-20,22,26,30,32-33,37H,21,23-25H2,1-9H3,(H,46,54)(H,47,52)(H,48,55)(H,49,53)/b34-22+/t30-,32?,33+,37+/m1/s1. The van der Waals surface area contributed by atoms with Gasteiger partial charge >= 0.3 is 18.0 Å². The number of pyridine rings is 1. The molecule has 0 radical (unpaired) electrons. The summed E-state index contributed by atoms with van der Waals surface area (Å²) in [7, 11) is -3.93. The number of benzene rings is 2. The van der Waals surface area contributed by atoms with Crippen LogP contribution in [-0.2, 0) is 61.0 Å². The smallest absolute Gasteiger partial charge is 0.408 e. The lowest BCUT2D eigenvalue weighted by molar-refractivity contribution is -0.157. The molecule has 0 aliphatic rings. The number of alkyl carbamates (subject to hydrolysis) is 1. The van der Waals surface area contributed by atoms with E-state index >= 15 is 0 Å². The zero-order chi connectivity index (χ0) is 45.7.